The Kier molecular flexibility index (Phi) is 3.96. The fourth-order valence-electron chi connectivity index (χ4n) is 2.27. The smallest absolute Gasteiger partial charge is 0.191 e. The van der Waals surface area contributed by atoms with E-state index in [1.54, 1.807) is 0 Å². The van der Waals surface area contributed by atoms with E-state index in [1.165, 1.54) is 19.3 Å². The molecule has 1 unspecified atom stereocenters. The Morgan fingerprint density at radius 1 is 1.25 bits per heavy atom. The van der Waals surface area contributed by atoms with Crippen LogP contribution in [0.3, 0.4) is 0 Å². The number of rotatable bonds is 3. The molecule has 1 saturated carbocycles. The van der Waals surface area contributed by atoms with Crippen LogP contribution in [0.1, 0.15) is 53.9 Å². The largest absolute Gasteiger partial charge is 0.417 e. The summed E-state index contributed by atoms with van der Waals surface area (Å²) in [7, 11) is -1.52. The Hall–Kier alpha value is 0.177. The molecule has 0 amide bonds. The summed E-state index contributed by atoms with van der Waals surface area (Å²) in [4.78, 5) is 0. The highest BCUT2D eigenvalue weighted by Crippen LogP contribution is 2.42. The fraction of sp³-hybridized carbons (Fsp3) is 1.00. The van der Waals surface area contributed by atoms with Gasteiger partial charge in [-0.1, -0.05) is 34.6 Å². The molecule has 96 valence electrons. The van der Waals surface area contributed by atoms with E-state index in [9.17, 15) is 0 Å². The van der Waals surface area contributed by atoms with Gasteiger partial charge < -0.3 is 4.43 Å². The van der Waals surface area contributed by atoms with Gasteiger partial charge in [0.1, 0.15) is 0 Å². The molecule has 0 aromatic carbocycles. The van der Waals surface area contributed by atoms with Crippen molar-refractivity contribution in [1.29, 1.82) is 0 Å². The molecule has 1 aliphatic rings. The molecule has 0 aromatic heterocycles. The zero-order valence-electron chi connectivity index (χ0n) is 12.3. The summed E-state index contributed by atoms with van der Waals surface area (Å²) in [5, 5.41) is 0.348. The molecule has 16 heavy (non-hydrogen) atoms. The first-order valence-electron chi connectivity index (χ1n) is 6.67. The Bertz CT molecular complexity index is 238. The molecule has 1 nitrogen and oxygen atoms in total. The molecule has 1 rings (SSSR count). The zero-order valence-corrected chi connectivity index (χ0v) is 13.3. The van der Waals surface area contributed by atoms with Gasteiger partial charge >= 0.3 is 0 Å². The average molecular weight is 242 g/mol. The summed E-state index contributed by atoms with van der Waals surface area (Å²) in [5.74, 6) is 0.809. The second kappa shape index (κ2) is 4.45. The van der Waals surface area contributed by atoms with Crippen LogP contribution >= 0.6 is 0 Å². The van der Waals surface area contributed by atoms with E-state index in [0.29, 0.717) is 10.5 Å². The van der Waals surface area contributed by atoms with Crippen molar-refractivity contribution < 1.29 is 4.43 Å². The molecule has 0 aromatic rings. The monoisotopic (exact) mass is 242 g/mol. The van der Waals surface area contributed by atoms with E-state index >= 15 is 0 Å². The summed E-state index contributed by atoms with van der Waals surface area (Å²) in [6.45, 7) is 17.4. The second-order valence-electron chi connectivity index (χ2n) is 7.84. The molecule has 0 aliphatic heterocycles. The van der Waals surface area contributed by atoms with Crippen molar-refractivity contribution in [1.82, 2.24) is 0 Å². The molecular weight excluding hydrogens is 212 g/mol. The van der Waals surface area contributed by atoms with E-state index in [2.05, 4.69) is 47.7 Å². The van der Waals surface area contributed by atoms with Crippen molar-refractivity contribution in [2.75, 3.05) is 6.61 Å². The molecule has 1 atom stereocenters. The zero-order chi connectivity index (χ0) is 12.6. The Balaban J connectivity index is 2.42. The van der Waals surface area contributed by atoms with Crippen molar-refractivity contribution in [3.05, 3.63) is 0 Å². The van der Waals surface area contributed by atoms with Crippen LogP contribution in [0.25, 0.3) is 0 Å². The normalized spacial score (nSPS) is 26.1. The third-order valence-corrected chi connectivity index (χ3v) is 9.06. The summed E-state index contributed by atoms with van der Waals surface area (Å²) in [6, 6.07) is 0. The third kappa shape index (κ3) is 3.59. The summed E-state index contributed by atoms with van der Waals surface area (Å²) in [6.07, 6.45) is 4.09. The van der Waals surface area contributed by atoms with Crippen molar-refractivity contribution in [2.24, 2.45) is 11.3 Å². The molecule has 0 saturated heterocycles. The topological polar surface area (TPSA) is 9.23 Å². The Morgan fingerprint density at radius 2 is 1.81 bits per heavy atom. The minimum Gasteiger partial charge on any atom is -0.417 e. The summed E-state index contributed by atoms with van der Waals surface area (Å²) < 4.78 is 6.31. The maximum atomic E-state index is 6.31. The highest BCUT2D eigenvalue weighted by atomic mass is 28.4. The van der Waals surface area contributed by atoms with E-state index in [0.717, 1.165) is 12.5 Å². The highest BCUT2D eigenvalue weighted by Gasteiger charge is 2.39. The van der Waals surface area contributed by atoms with E-state index in [4.69, 9.17) is 4.43 Å². The Morgan fingerprint density at radius 3 is 2.19 bits per heavy atom. The maximum Gasteiger partial charge on any atom is 0.191 e. The van der Waals surface area contributed by atoms with Gasteiger partial charge in [0.2, 0.25) is 0 Å². The first-order valence-corrected chi connectivity index (χ1v) is 9.58. The van der Waals surface area contributed by atoms with Crippen molar-refractivity contribution in [2.45, 2.75) is 72.0 Å². The van der Waals surface area contributed by atoms with Gasteiger partial charge in [0.05, 0.1) is 0 Å². The molecule has 0 radical (unpaired) electrons. The lowest BCUT2D eigenvalue weighted by atomic mass is 9.91. The predicted molar refractivity (Wildman–Crippen MR) is 74.3 cm³/mol. The van der Waals surface area contributed by atoms with Crippen molar-refractivity contribution >= 4 is 8.32 Å². The van der Waals surface area contributed by atoms with Crippen molar-refractivity contribution in [3.63, 3.8) is 0 Å². The summed E-state index contributed by atoms with van der Waals surface area (Å²) in [5.41, 5.74) is 0.557. The molecular formula is C14H30OSi. The van der Waals surface area contributed by atoms with E-state index < -0.39 is 8.32 Å². The lowest BCUT2D eigenvalue weighted by Crippen LogP contribution is -2.41. The van der Waals surface area contributed by atoms with Crippen LogP contribution in [0.4, 0.5) is 0 Å². The molecule has 0 spiro atoms. The number of hydrogen-bond donors (Lipinski definition) is 0. The van der Waals surface area contributed by atoms with Gasteiger partial charge in [0.15, 0.2) is 8.32 Å². The SMILES string of the molecule is CC1(C)CCC(CO[Si](C)(C)C(C)(C)C)C1. The lowest BCUT2D eigenvalue weighted by molar-refractivity contribution is 0.219. The highest BCUT2D eigenvalue weighted by molar-refractivity contribution is 6.74. The quantitative estimate of drug-likeness (QED) is 0.644. The minimum absolute atomic E-state index is 0.348. The molecule has 1 aliphatic carbocycles. The van der Waals surface area contributed by atoms with Gasteiger partial charge in [0.25, 0.3) is 0 Å². The minimum atomic E-state index is -1.52. The van der Waals surface area contributed by atoms with Crippen LogP contribution in [0.5, 0.6) is 0 Å². The van der Waals surface area contributed by atoms with Gasteiger partial charge in [-0.25, -0.2) is 0 Å². The number of hydrogen-bond acceptors (Lipinski definition) is 1. The van der Waals surface area contributed by atoms with Crippen LogP contribution in [-0.2, 0) is 4.43 Å². The second-order valence-corrected chi connectivity index (χ2v) is 12.7. The fourth-order valence-corrected chi connectivity index (χ4v) is 3.35. The molecule has 2 heteroatoms. The third-order valence-electron chi connectivity index (χ3n) is 4.56. The van der Waals surface area contributed by atoms with Crippen LogP contribution in [0.2, 0.25) is 18.1 Å². The van der Waals surface area contributed by atoms with Gasteiger partial charge in [-0.2, -0.15) is 0 Å². The van der Waals surface area contributed by atoms with Gasteiger partial charge in [0, 0.05) is 6.61 Å². The maximum absolute atomic E-state index is 6.31. The average Bonchev–Trinajstić information content (AvgIpc) is 2.40. The van der Waals surface area contributed by atoms with E-state index in [-0.39, 0.29) is 0 Å². The molecule has 0 bridgehead atoms. The van der Waals surface area contributed by atoms with Gasteiger partial charge in [-0.3, -0.25) is 0 Å². The van der Waals surface area contributed by atoms with E-state index in [1.807, 2.05) is 0 Å². The molecule has 0 heterocycles. The standard InChI is InChI=1S/C14H30OSi/c1-13(2,3)16(6,7)15-11-12-8-9-14(4,5)10-12/h12H,8-11H2,1-7H3. The lowest BCUT2D eigenvalue weighted by Gasteiger charge is -2.37. The van der Waals surface area contributed by atoms with Crippen LogP contribution < -0.4 is 0 Å². The van der Waals surface area contributed by atoms with Crippen LogP contribution in [0.15, 0.2) is 0 Å². The van der Waals surface area contributed by atoms with Crippen molar-refractivity contribution in [3.8, 4) is 0 Å². The first-order chi connectivity index (χ1) is 7.04. The van der Waals surface area contributed by atoms with Gasteiger partial charge in [-0.15, -0.1) is 0 Å². The van der Waals surface area contributed by atoms with Crippen LogP contribution in [-0.4, -0.2) is 14.9 Å². The predicted octanol–water partition coefficient (Wildman–Crippen LogP) is 4.83. The molecule has 0 N–H and O–H groups in total. The van der Waals surface area contributed by atoms with Crippen LogP contribution in [0, 0.1) is 11.3 Å². The van der Waals surface area contributed by atoms with Gasteiger partial charge in [-0.05, 0) is 48.7 Å². The first kappa shape index (κ1) is 14.2. The summed E-state index contributed by atoms with van der Waals surface area (Å²) >= 11 is 0. The molecule has 1 fully saturated rings. The Labute approximate surface area is 103 Å².